The third-order valence-corrected chi connectivity index (χ3v) is 7.79. The number of aliphatic hydroxyl groups is 1. The monoisotopic (exact) mass is 460 g/mol. The number of halogens is 1. The number of carbonyl (C=O) groups is 1. The topological polar surface area (TPSA) is 57.5 Å². The number of thiophene rings is 1. The Labute approximate surface area is 194 Å². The van der Waals surface area contributed by atoms with Gasteiger partial charge in [-0.25, -0.2) is 4.79 Å². The van der Waals surface area contributed by atoms with Crippen LogP contribution in [0.3, 0.4) is 0 Å². The fourth-order valence-electron chi connectivity index (χ4n) is 4.56. The number of rotatable bonds is 11. The summed E-state index contributed by atoms with van der Waals surface area (Å²) in [5.41, 5.74) is 4.65. The molecule has 1 aliphatic carbocycles. The van der Waals surface area contributed by atoms with E-state index in [2.05, 4.69) is 32.0 Å². The van der Waals surface area contributed by atoms with Crippen LogP contribution in [-0.2, 0) is 6.42 Å². The van der Waals surface area contributed by atoms with Crippen LogP contribution in [0.1, 0.15) is 95.6 Å². The van der Waals surface area contributed by atoms with Gasteiger partial charge in [-0.15, -0.1) is 11.3 Å². The second-order valence-electron chi connectivity index (χ2n) is 8.60. The van der Waals surface area contributed by atoms with Gasteiger partial charge in [0.05, 0.1) is 6.10 Å². The molecular formula is C26H33ClO3S. The molecule has 0 aliphatic heterocycles. The lowest BCUT2D eigenvalue weighted by atomic mass is 9.87. The summed E-state index contributed by atoms with van der Waals surface area (Å²) < 4.78 is 0. The van der Waals surface area contributed by atoms with E-state index in [1.54, 1.807) is 6.07 Å². The zero-order valence-electron chi connectivity index (χ0n) is 18.5. The van der Waals surface area contributed by atoms with Crippen molar-refractivity contribution in [2.45, 2.75) is 77.7 Å². The van der Waals surface area contributed by atoms with E-state index in [0.29, 0.717) is 10.8 Å². The number of carboxylic acid groups (broad SMARTS) is 1. The van der Waals surface area contributed by atoms with Crippen molar-refractivity contribution in [3.8, 4) is 0 Å². The molecule has 1 aromatic carbocycles. The molecule has 1 aromatic heterocycles. The minimum Gasteiger partial charge on any atom is -0.477 e. The minimum atomic E-state index is -0.849. The molecule has 168 valence electrons. The lowest BCUT2D eigenvalue weighted by Gasteiger charge is -2.19. The summed E-state index contributed by atoms with van der Waals surface area (Å²) in [5, 5.41) is 20.6. The van der Waals surface area contributed by atoms with Crippen LogP contribution in [-0.4, -0.2) is 16.2 Å². The van der Waals surface area contributed by atoms with Gasteiger partial charge in [-0.3, -0.25) is 0 Å². The molecule has 0 radical (unpaired) electrons. The standard InChI is InChI=1S/C26H33ClO3S/c1-3-4-5-9-23(28)19-10-13-21(17(2)16-19)25-18(11-14-22(25)27)7-6-8-20-12-15-24(31-20)26(29)30/h10,12-13,15-16,18,23,28H,3-9,11,14H2,1-2H3,(H,29,30)/t18-,23?/m0/s1. The third kappa shape index (κ3) is 6.21. The number of aromatic carboxylic acids is 1. The van der Waals surface area contributed by atoms with Gasteiger partial charge in [0.2, 0.25) is 0 Å². The summed E-state index contributed by atoms with van der Waals surface area (Å²) in [4.78, 5) is 12.6. The molecule has 0 amide bonds. The van der Waals surface area contributed by atoms with E-state index in [1.807, 2.05) is 6.07 Å². The van der Waals surface area contributed by atoms with Gasteiger partial charge in [-0.2, -0.15) is 0 Å². The van der Waals surface area contributed by atoms with Gasteiger partial charge in [-0.1, -0.05) is 56.0 Å². The van der Waals surface area contributed by atoms with Crippen LogP contribution in [0.4, 0.5) is 0 Å². The maximum Gasteiger partial charge on any atom is 0.345 e. The van der Waals surface area contributed by atoms with Crippen molar-refractivity contribution in [3.63, 3.8) is 0 Å². The van der Waals surface area contributed by atoms with E-state index in [-0.39, 0.29) is 0 Å². The summed E-state index contributed by atoms with van der Waals surface area (Å²) in [6.07, 6.45) is 8.74. The predicted molar refractivity (Wildman–Crippen MR) is 130 cm³/mol. The highest BCUT2D eigenvalue weighted by atomic mass is 35.5. The Hall–Kier alpha value is -1.62. The summed E-state index contributed by atoms with van der Waals surface area (Å²) in [6, 6.07) is 9.95. The largest absolute Gasteiger partial charge is 0.477 e. The molecule has 0 bridgehead atoms. The van der Waals surface area contributed by atoms with Crippen molar-refractivity contribution in [2.24, 2.45) is 5.92 Å². The Morgan fingerprint density at radius 3 is 2.71 bits per heavy atom. The first-order valence-corrected chi connectivity index (χ1v) is 12.6. The van der Waals surface area contributed by atoms with Crippen molar-refractivity contribution >= 4 is 34.5 Å². The SMILES string of the molecule is CCCCCC(O)c1ccc(C2=C(Cl)CC[C@@H]2CCCc2ccc(C(=O)O)s2)c(C)c1. The molecule has 1 aliphatic rings. The molecule has 3 rings (SSSR count). The fraction of sp³-hybridized carbons (Fsp3) is 0.500. The Bertz CT molecular complexity index is 930. The Balaban J connectivity index is 1.64. The number of benzene rings is 1. The molecular weight excluding hydrogens is 428 g/mol. The highest BCUT2D eigenvalue weighted by molar-refractivity contribution is 7.13. The number of hydrogen-bond donors (Lipinski definition) is 2. The zero-order chi connectivity index (χ0) is 22.4. The molecule has 5 heteroatoms. The lowest BCUT2D eigenvalue weighted by Crippen LogP contribution is -2.04. The molecule has 2 N–H and O–H groups in total. The second-order valence-corrected chi connectivity index (χ2v) is 10.2. The number of hydrogen-bond acceptors (Lipinski definition) is 3. The van der Waals surface area contributed by atoms with E-state index in [0.717, 1.165) is 73.3 Å². The van der Waals surface area contributed by atoms with Crippen molar-refractivity contribution < 1.29 is 15.0 Å². The first-order chi connectivity index (χ1) is 14.9. The first-order valence-electron chi connectivity index (χ1n) is 11.4. The smallest absolute Gasteiger partial charge is 0.345 e. The number of aliphatic hydroxyl groups excluding tert-OH is 1. The van der Waals surface area contributed by atoms with E-state index < -0.39 is 12.1 Å². The lowest BCUT2D eigenvalue weighted by molar-refractivity contribution is 0.0702. The molecule has 31 heavy (non-hydrogen) atoms. The molecule has 0 fully saturated rings. The predicted octanol–water partition coefficient (Wildman–Crippen LogP) is 7.75. The van der Waals surface area contributed by atoms with Gasteiger partial charge >= 0.3 is 5.97 Å². The maximum atomic E-state index is 11.1. The van der Waals surface area contributed by atoms with Gasteiger partial charge in [0, 0.05) is 9.91 Å². The van der Waals surface area contributed by atoms with Crippen molar-refractivity contribution in [1.29, 1.82) is 0 Å². The fourth-order valence-corrected chi connectivity index (χ4v) is 5.81. The maximum absolute atomic E-state index is 11.1. The van der Waals surface area contributed by atoms with Crippen LogP contribution in [0, 0.1) is 12.8 Å². The molecule has 0 saturated carbocycles. The van der Waals surface area contributed by atoms with E-state index in [4.69, 9.17) is 16.7 Å². The quantitative estimate of drug-likeness (QED) is 0.337. The first kappa shape index (κ1) is 24.0. The van der Waals surface area contributed by atoms with Crippen LogP contribution in [0.5, 0.6) is 0 Å². The Morgan fingerprint density at radius 2 is 2.03 bits per heavy atom. The van der Waals surface area contributed by atoms with Gasteiger partial charge in [0.25, 0.3) is 0 Å². The van der Waals surface area contributed by atoms with E-state index in [9.17, 15) is 9.90 Å². The highest BCUT2D eigenvalue weighted by Gasteiger charge is 2.27. The molecule has 0 spiro atoms. The summed E-state index contributed by atoms with van der Waals surface area (Å²) >= 11 is 8.04. The number of aryl methyl sites for hydroxylation is 2. The van der Waals surface area contributed by atoms with Gasteiger partial charge in [0.1, 0.15) is 4.88 Å². The average molecular weight is 461 g/mol. The summed E-state index contributed by atoms with van der Waals surface area (Å²) in [6.45, 7) is 4.29. The highest BCUT2D eigenvalue weighted by Crippen LogP contribution is 2.44. The third-order valence-electron chi connectivity index (χ3n) is 6.27. The molecule has 0 saturated heterocycles. The van der Waals surface area contributed by atoms with Crippen LogP contribution in [0.2, 0.25) is 0 Å². The summed E-state index contributed by atoms with van der Waals surface area (Å²) in [7, 11) is 0. The van der Waals surface area contributed by atoms with Gasteiger partial charge in [0.15, 0.2) is 0 Å². The molecule has 3 nitrogen and oxygen atoms in total. The Morgan fingerprint density at radius 1 is 1.23 bits per heavy atom. The number of unbranched alkanes of at least 4 members (excludes halogenated alkanes) is 2. The second kappa shape index (κ2) is 11.3. The summed E-state index contributed by atoms with van der Waals surface area (Å²) in [5.74, 6) is -0.413. The molecule has 2 aromatic rings. The molecule has 2 atom stereocenters. The van der Waals surface area contributed by atoms with Crippen molar-refractivity contribution in [3.05, 3.63) is 61.8 Å². The normalized spacial score (nSPS) is 17.4. The van der Waals surface area contributed by atoms with Crippen LogP contribution < -0.4 is 0 Å². The van der Waals surface area contributed by atoms with Crippen molar-refractivity contribution in [1.82, 2.24) is 0 Å². The molecule has 1 unspecified atom stereocenters. The Kier molecular flexibility index (Phi) is 8.76. The van der Waals surface area contributed by atoms with Crippen molar-refractivity contribution in [2.75, 3.05) is 0 Å². The van der Waals surface area contributed by atoms with E-state index in [1.165, 1.54) is 28.0 Å². The van der Waals surface area contributed by atoms with Crippen LogP contribution in [0.25, 0.3) is 5.57 Å². The number of allylic oxidation sites excluding steroid dienone is 2. The molecule has 1 heterocycles. The minimum absolute atomic E-state index is 0.399. The van der Waals surface area contributed by atoms with Gasteiger partial charge < -0.3 is 10.2 Å². The van der Waals surface area contributed by atoms with Crippen LogP contribution in [0.15, 0.2) is 35.4 Å². The van der Waals surface area contributed by atoms with Gasteiger partial charge in [-0.05, 0) is 85.8 Å². The zero-order valence-corrected chi connectivity index (χ0v) is 20.1. The average Bonchev–Trinajstić information content (AvgIpc) is 3.35. The van der Waals surface area contributed by atoms with E-state index >= 15 is 0 Å². The number of carboxylic acids is 1. The van der Waals surface area contributed by atoms with Crippen LogP contribution >= 0.6 is 22.9 Å².